The summed E-state index contributed by atoms with van der Waals surface area (Å²) in [5.41, 5.74) is 0.816. The van der Waals surface area contributed by atoms with E-state index in [0.717, 1.165) is 17.1 Å². The minimum Gasteiger partial charge on any atom is -0.456 e. The van der Waals surface area contributed by atoms with Crippen molar-refractivity contribution < 1.29 is 14.3 Å². The predicted octanol–water partition coefficient (Wildman–Crippen LogP) is 3.05. The van der Waals surface area contributed by atoms with Crippen molar-refractivity contribution in [1.29, 1.82) is 0 Å². The van der Waals surface area contributed by atoms with E-state index < -0.39 is 0 Å². The molecule has 1 saturated carbocycles. The highest BCUT2D eigenvalue weighted by Crippen LogP contribution is 2.37. The fourth-order valence-electron chi connectivity index (χ4n) is 2.76. The Hall–Kier alpha value is -0.940. The average molecular weight is 281 g/mol. The minimum absolute atomic E-state index is 0.0797. The van der Waals surface area contributed by atoms with Crippen LogP contribution in [0.25, 0.3) is 0 Å². The second-order valence-electron chi connectivity index (χ2n) is 5.34. The highest BCUT2D eigenvalue weighted by molar-refractivity contribution is 7.13. The van der Waals surface area contributed by atoms with Crippen LogP contribution in [0.5, 0.6) is 0 Å². The van der Waals surface area contributed by atoms with Crippen LogP contribution in [0.15, 0.2) is 0 Å². The van der Waals surface area contributed by atoms with Gasteiger partial charge in [0.2, 0.25) is 0 Å². The summed E-state index contributed by atoms with van der Waals surface area (Å²) in [5, 5.41) is 1.12. The lowest BCUT2D eigenvalue weighted by atomic mass is 10.1. The van der Waals surface area contributed by atoms with Gasteiger partial charge in [-0.1, -0.05) is 12.8 Å². The minimum atomic E-state index is -0.227. The standard InChI is InChI=1S/C14H19NO3S/c1-9-12(14(16)18-11-6-7-17-8-11)19-13(15-9)10-4-2-3-5-10/h10-11H,2-8H2,1H3. The molecule has 19 heavy (non-hydrogen) atoms. The third-order valence-corrected chi connectivity index (χ3v) is 5.16. The molecule has 2 fully saturated rings. The molecule has 1 unspecified atom stereocenters. The van der Waals surface area contributed by atoms with Crippen LogP contribution < -0.4 is 0 Å². The lowest BCUT2D eigenvalue weighted by Gasteiger charge is -2.08. The zero-order chi connectivity index (χ0) is 13.2. The molecule has 1 aliphatic carbocycles. The fourth-order valence-corrected chi connectivity index (χ4v) is 3.88. The second kappa shape index (κ2) is 5.59. The van der Waals surface area contributed by atoms with E-state index in [4.69, 9.17) is 9.47 Å². The first kappa shape index (κ1) is 13.1. The van der Waals surface area contributed by atoms with Crippen molar-refractivity contribution in [3.05, 3.63) is 15.6 Å². The molecule has 1 aliphatic heterocycles. The zero-order valence-corrected chi connectivity index (χ0v) is 12.0. The van der Waals surface area contributed by atoms with Crippen molar-refractivity contribution >= 4 is 17.3 Å². The van der Waals surface area contributed by atoms with Gasteiger partial charge < -0.3 is 9.47 Å². The molecule has 0 N–H and O–H groups in total. The molecular formula is C14H19NO3S. The van der Waals surface area contributed by atoms with Crippen LogP contribution >= 0.6 is 11.3 Å². The molecule has 5 heteroatoms. The Morgan fingerprint density at radius 3 is 2.84 bits per heavy atom. The number of hydrogen-bond donors (Lipinski definition) is 0. The molecule has 104 valence electrons. The molecule has 3 rings (SSSR count). The maximum atomic E-state index is 12.1. The quantitative estimate of drug-likeness (QED) is 0.799. The van der Waals surface area contributed by atoms with Crippen molar-refractivity contribution in [2.75, 3.05) is 13.2 Å². The third kappa shape index (κ3) is 2.82. The van der Waals surface area contributed by atoms with E-state index in [2.05, 4.69) is 4.98 Å². The summed E-state index contributed by atoms with van der Waals surface area (Å²) in [4.78, 5) is 17.4. The van der Waals surface area contributed by atoms with Crippen LogP contribution in [0, 0.1) is 6.92 Å². The molecule has 1 saturated heterocycles. The van der Waals surface area contributed by atoms with Gasteiger partial charge in [-0.3, -0.25) is 0 Å². The Labute approximate surface area is 117 Å². The highest BCUT2D eigenvalue weighted by Gasteiger charge is 2.26. The van der Waals surface area contributed by atoms with E-state index in [1.54, 1.807) is 0 Å². The normalized spacial score (nSPS) is 23.9. The van der Waals surface area contributed by atoms with Crippen LogP contribution in [0.3, 0.4) is 0 Å². The zero-order valence-electron chi connectivity index (χ0n) is 11.2. The highest BCUT2D eigenvalue weighted by atomic mass is 32.1. The van der Waals surface area contributed by atoms with Gasteiger partial charge in [-0.25, -0.2) is 9.78 Å². The molecule has 1 aromatic heterocycles. The predicted molar refractivity (Wildman–Crippen MR) is 72.7 cm³/mol. The number of rotatable bonds is 3. The van der Waals surface area contributed by atoms with Gasteiger partial charge in [-0.2, -0.15) is 0 Å². The van der Waals surface area contributed by atoms with E-state index in [0.29, 0.717) is 24.0 Å². The molecule has 1 atom stereocenters. The summed E-state index contributed by atoms with van der Waals surface area (Å²) in [6, 6.07) is 0. The Morgan fingerprint density at radius 2 is 2.16 bits per heavy atom. The number of aromatic nitrogens is 1. The first-order chi connectivity index (χ1) is 9.24. The number of aryl methyl sites for hydroxylation is 1. The number of ether oxygens (including phenoxy) is 2. The molecule has 4 nitrogen and oxygen atoms in total. The fraction of sp³-hybridized carbons (Fsp3) is 0.714. The van der Waals surface area contributed by atoms with Gasteiger partial charge in [0.15, 0.2) is 0 Å². The van der Waals surface area contributed by atoms with Gasteiger partial charge in [0, 0.05) is 12.3 Å². The number of hydrogen-bond acceptors (Lipinski definition) is 5. The molecule has 0 amide bonds. The summed E-state index contributed by atoms with van der Waals surface area (Å²) < 4.78 is 10.7. The first-order valence-electron chi connectivity index (χ1n) is 7.00. The van der Waals surface area contributed by atoms with Crippen LogP contribution in [0.1, 0.15) is 58.4 Å². The van der Waals surface area contributed by atoms with Crippen LogP contribution in [0.4, 0.5) is 0 Å². The molecule has 2 aliphatic rings. The Kier molecular flexibility index (Phi) is 3.84. The number of carbonyl (C=O) groups is 1. The van der Waals surface area contributed by atoms with Crippen molar-refractivity contribution in [3.8, 4) is 0 Å². The molecule has 0 radical (unpaired) electrons. The van der Waals surface area contributed by atoms with E-state index in [-0.39, 0.29) is 12.1 Å². The summed E-state index contributed by atoms with van der Waals surface area (Å²) in [5.74, 6) is 0.329. The SMILES string of the molecule is Cc1nc(C2CCCC2)sc1C(=O)OC1CCOC1. The van der Waals surface area contributed by atoms with E-state index >= 15 is 0 Å². The molecule has 1 aromatic rings. The molecule has 2 heterocycles. The summed E-state index contributed by atoms with van der Waals surface area (Å²) in [6.45, 7) is 3.11. The lowest BCUT2D eigenvalue weighted by Crippen LogP contribution is -2.17. The third-order valence-electron chi connectivity index (χ3n) is 3.86. The summed E-state index contributed by atoms with van der Waals surface area (Å²) in [6.07, 6.45) is 5.70. The van der Waals surface area contributed by atoms with Crippen LogP contribution in [-0.2, 0) is 9.47 Å². The molecule has 0 spiro atoms. The van der Waals surface area contributed by atoms with Gasteiger partial charge in [0.05, 0.1) is 23.9 Å². The second-order valence-corrected chi connectivity index (χ2v) is 6.37. The van der Waals surface area contributed by atoms with E-state index in [1.807, 2.05) is 6.92 Å². The Balaban J connectivity index is 1.70. The lowest BCUT2D eigenvalue weighted by molar-refractivity contribution is 0.0275. The van der Waals surface area contributed by atoms with Gasteiger partial charge in [-0.05, 0) is 19.8 Å². The number of carbonyl (C=O) groups excluding carboxylic acids is 1. The van der Waals surface area contributed by atoms with E-state index in [9.17, 15) is 4.79 Å². The molecule has 0 aromatic carbocycles. The van der Waals surface area contributed by atoms with Crippen molar-refractivity contribution in [1.82, 2.24) is 4.98 Å². The number of esters is 1. The maximum Gasteiger partial charge on any atom is 0.350 e. The van der Waals surface area contributed by atoms with Crippen molar-refractivity contribution in [3.63, 3.8) is 0 Å². The average Bonchev–Trinajstić information content (AvgIpc) is 3.07. The summed E-state index contributed by atoms with van der Waals surface area (Å²) in [7, 11) is 0. The topological polar surface area (TPSA) is 48.4 Å². The van der Waals surface area contributed by atoms with Gasteiger partial charge in [0.25, 0.3) is 0 Å². The Bertz CT molecular complexity index is 459. The largest absolute Gasteiger partial charge is 0.456 e. The smallest absolute Gasteiger partial charge is 0.350 e. The monoisotopic (exact) mass is 281 g/mol. The molecular weight excluding hydrogens is 262 g/mol. The number of nitrogens with zero attached hydrogens (tertiary/aromatic N) is 1. The summed E-state index contributed by atoms with van der Waals surface area (Å²) >= 11 is 1.52. The maximum absolute atomic E-state index is 12.1. The van der Waals surface area contributed by atoms with Crippen molar-refractivity contribution in [2.24, 2.45) is 0 Å². The van der Waals surface area contributed by atoms with Gasteiger partial charge in [-0.15, -0.1) is 11.3 Å². The van der Waals surface area contributed by atoms with Crippen molar-refractivity contribution in [2.45, 2.75) is 51.0 Å². The van der Waals surface area contributed by atoms with Crippen LogP contribution in [0.2, 0.25) is 0 Å². The number of thiazole rings is 1. The first-order valence-corrected chi connectivity index (χ1v) is 7.81. The van der Waals surface area contributed by atoms with Gasteiger partial charge >= 0.3 is 5.97 Å². The van der Waals surface area contributed by atoms with Crippen LogP contribution in [-0.4, -0.2) is 30.3 Å². The Morgan fingerprint density at radius 1 is 1.37 bits per heavy atom. The molecule has 0 bridgehead atoms. The van der Waals surface area contributed by atoms with Gasteiger partial charge in [0.1, 0.15) is 11.0 Å². The van der Waals surface area contributed by atoms with E-state index in [1.165, 1.54) is 37.0 Å².